The Balaban J connectivity index is 1.40. The van der Waals surface area contributed by atoms with Crippen molar-refractivity contribution in [3.8, 4) is 0 Å². The lowest BCUT2D eigenvalue weighted by molar-refractivity contribution is -0.346. The molecule has 1 amide bonds. The third kappa shape index (κ3) is 7.63. The van der Waals surface area contributed by atoms with Crippen LogP contribution in [-0.4, -0.2) is 105 Å². The van der Waals surface area contributed by atoms with Crippen molar-refractivity contribution in [3.05, 3.63) is 118 Å². The summed E-state index contributed by atoms with van der Waals surface area (Å²) in [4.78, 5) is 83.7. The summed E-state index contributed by atoms with van der Waals surface area (Å²) in [7, 11) is 0. The number of nitrogens with one attached hydrogen (secondary N) is 1. The number of amides is 1. The summed E-state index contributed by atoms with van der Waals surface area (Å²) < 4.78 is 30.3. The summed E-state index contributed by atoms with van der Waals surface area (Å²) in [6, 6.07) is 21.0. The summed E-state index contributed by atoms with van der Waals surface area (Å²) >= 11 is 6.48. The molecule has 11 atom stereocenters. The van der Waals surface area contributed by atoms with Crippen molar-refractivity contribution in [2.24, 2.45) is 16.7 Å². The van der Waals surface area contributed by atoms with Crippen molar-refractivity contribution in [2.45, 2.75) is 108 Å². The number of hydrogen-bond acceptors (Lipinski definition) is 14. The van der Waals surface area contributed by atoms with Gasteiger partial charge >= 0.3 is 23.9 Å². The summed E-state index contributed by atoms with van der Waals surface area (Å²) in [5.41, 5.74) is -7.43. The highest BCUT2D eigenvalue weighted by Crippen LogP contribution is 2.64. The number of aliphatic hydroxyl groups is 3. The van der Waals surface area contributed by atoms with Crippen LogP contribution >= 0.6 is 11.6 Å². The maximum atomic E-state index is 15.5. The van der Waals surface area contributed by atoms with E-state index in [0.29, 0.717) is 5.56 Å². The molecular weight excluding hydrogens is 838 g/mol. The molecule has 3 aromatic rings. The molecule has 1 aliphatic heterocycles. The lowest BCUT2D eigenvalue weighted by Gasteiger charge is -2.67. The van der Waals surface area contributed by atoms with Gasteiger partial charge in [0.2, 0.25) is 0 Å². The highest BCUT2D eigenvalue weighted by atomic mass is 35.5. The van der Waals surface area contributed by atoms with Gasteiger partial charge in [0.05, 0.1) is 40.7 Å². The smallest absolute Gasteiger partial charge is 0.340 e. The number of hydrogen-bond donors (Lipinski definition) is 4. The molecule has 0 spiro atoms. The van der Waals surface area contributed by atoms with Gasteiger partial charge in [-0.25, -0.2) is 9.59 Å². The Morgan fingerprint density at radius 1 is 0.873 bits per heavy atom. The topological polar surface area (TPSA) is 221 Å². The van der Waals surface area contributed by atoms with Crippen LogP contribution in [0.1, 0.15) is 86.7 Å². The zero-order valence-corrected chi connectivity index (χ0v) is 36.3. The van der Waals surface area contributed by atoms with E-state index >= 15 is 4.79 Å². The Bertz CT molecular complexity index is 2350. The van der Waals surface area contributed by atoms with Crippen LogP contribution in [0.25, 0.3) is 0 Å². The molecule has 1 saturated heterocycles. The standard InChI is InChI=1S/C47H50ClNO14/c1-24-31(61-43(57)36(53)35(27-15-9-7-10-16-27)49-41(55)28-17-11-8-12-18-28)22-47(58)40(62-42(56)29-19-13-14-20-30(29)48)38-45(6,32(52)21-33-46(38,23-59-33)63-26(3)51)39(54)37(60-25(2)50)34(24)44(47,4)5/h7-20,31-33,35-38,40,52-53,58H,21-23H2,1-6H3,(H,49,55)/t31-,32-,33+,35-,36+,37+,38-,40-,45+,46-,47+/m0/s1. The van der Waals surface area contributed by atoms with E-state index in [-0.39, 0.29) is 40.3 Å². The predicted molar refractivity (Wildman–Crippen MR) is 223 cm³/mol. The minimum Gasteiger partial charge on any atom is -0.456 e. The number of fused-ring (bicyclic) bond motifs is 5. The number of esters is 4. The number of rotatable bonds is 10. The molecule has 3 fully saturated rings. The average molecular weight is 888 g/mol. The van der Waals surface area contributed by atoms with Crippen molar-refractivity contribution in [2.75, 3.05) is 6.61 Å². The molecule has 2 saturated carbocycles. The molecule has 4 aliphatic rings. The first-order chi connectivity index (χ1) is 29.7. The third-order valence-corrected chi connectivity index (χ3v) is 13.9. The highest BCUT2D eigenvalue weighted by molar-refractivity contribution is 6.33. The number of benzene rings is 3. The molecule has 16 heteroatoms. The quantitative estimate of drug-likeness (QED) is 0.126. The Kier molecular flexibility index (Phi) is 12.2. The van der Waals surface area contributed by atoms with Crippen molar-refractivity contribution in [1.82, 2.24) is 5.32 Å². The van der Waals surface area contributed by atoms with Crippen LogP contribution in [0.2, 0.25) is 5.02 Å². The first-order valence-electron chi connectivity index (χ1n) is 20.6. The predicted octanol–water partition coefficient (Wildman–Crippen LogP) is 4.39. The van der Waals surface area contributed by atoms with Crippen LogP contribution in [0.5, 0.6) is 0 Å². The number of carbonyl (C=O) groups excluding carboxylic acids is 6. The van der Waals surface area contributed by atoms with Crippen molar-refractivity contribution in [1.29, 1.82) is 0 Å². The monoisotopic (exact) mass is 887 g/mol. The first-order valence-corrected chi connectivity index (χ1v) is 21.0. The number of halogens is 1. The Morgan fingerprint density at radius 3 is 2.08 bits per heavy atom. The van der Waals surface area contributed by atoms with Crippen LogP contribution < -0.4 is 5.32 Å². The highest BCUT2D eigenvalue weighted by Gasteiger charge is 2.78. The van der Waals surface area contributed by atoms with Crippen LogP contribution in [0, 0.1) is 16.7 Å². The zero-order chi connectivity index (χ0) is 45.8. The first kappa shape index (κ1) is 45.6. The second kappa shape index (κ2) is 16.9. The fourth-order valence-electron chi connectivity index (χ4n) is 10.2. The van der Waals surface area contributed by atoms with Gasteiger partial charge in [-0.05, 0) is 54.8 Å². The molecule has 0 radical (unpaired) electrons. The van der Waals surface area contributed by atoms with Gasteiger partial charge < -0.3 is 44.3 Å². The Morgan fingerprint density at radius 2 is 1.49 bits per heavy atom. The largest absolute Gasteiger partial charge is 0.456 e. The molecule has 15 nitrogen and oxygen atoms in total. The van der Waals surface area contributed by atoms with E-state index in [1.165, 1.54) is 32.0 Å². The number of aliphatic hydroxyl groups excluding tert-OH is 2. The van der Waals surface area contributed by atoms with Gasteiger partial charge in [-0.15, -0.1) is 0 Å². The van der Waals surface area contributed by atoms with Gasteiger partial charge in [0.1, 0.15) is 23.9 Å². The van der Waals surface area contributed by atoms with E-state index in [0.717, 1.165) is 13.8 Å². The molecule has 0 unspecified atom stereocenters. The minimum absolute atomic E-state index is 0.00946. The van der Waals surface area contributed by atoms with Crippen LogP contribution in [-0.2, 0) is 42.9 Å². The fourth-order valence-corrected chi connectivity index (χ4v) is 10.4. The van der Waals surface area contributed by atoms with Crippen molar-refractivity contribution >= 4 is 47.2 Å². The maximum absolute atomic E-state index is 15.5. The SMILES string of the molecule is CC(=O)O[C@H]1C(=O)[C@@]2(C)[C@H]([C@H](OC(=O)c3ccccc3Cl)[C@]3(O)C[C@H](OC(=O)[C@H](O)[C@@H](NC(=O)c4ccccc4)c4ccccc4)C(C)=C1C3(C)C)[C@]1(OC(C)=O)CO[C@@H]1C[C@@H]2O. The lowest BCUT2D eigenvalue weighted by Crippen LogP contribution is -2.82. The second-order valence-corrected chi connectivity index (χ2v) is 17.9. The third-order valence-electron chi connectivity index (χ3n) is 13.6. The second-order valence-electron chi connectivity index (χ2n) is 17.5. The molecule has 3 aromatic carbocycles. The van der Waals surface area contributed by atoms with Gasteiger partial charge in [-0.1, -0.05) is 86.1 Å². The van der Waals surface area contributed by atoms with E-state index in [2.05, 4.69) is 5.32 Å². The number of ether oxygens (including phenoxy) is 5. The summed E-state index contributed by atoms with van der Waals surface area (Å²) in [6.45, 7) is 7.85. The van der Waals surface area contributed by atoms with E-state index in [1.807, 2.05) is 0 Å². The van der Waals surface area contributed by atoms with E-state index in [4.69, 9.17) is 35.3 Å². The molecule has 2 bridgehead atoms. The minimum atomic E-state index is -2.44. The van der Waals surface area contributed by atoms with Crippen LogP contribution in [0.15, 0.2) is 96.1 Å². The summed E-state index contributed by atoms with van der Waals surface area (Å²) in [5, 5.41) is 40.3. The van der Waals surface area contributed by atoms with Gasteiger partial charge in [-0.3, -0.25) is 19.2 Å². The van der Waals surface area contributed by atoms with Gasteiger partial charge in [0, 0.05) is 37.7 Å². The molecule has 7 rings (SSSR count). The van der Waals surface area contributed by atoms with Crippen molar-refractivity contribution in [3.63, 3.8) is 0 Å². The van der Waals surface area contributed by atoms with Crippen molar-refractivity contribution < 1.29 is 67.8 Å². The van der Waals surface area contributed by atoms with Crippen LogP contribution in [0.4, 0.5) is 0 Å². The van der Waals surface area contributed by atoms with E-state index in [9.17, 15) is 39.3 Å². The Hall–Kier alpha value is -5.45. The van der Waals surface area contributed by atoms with Crippen LogP contribution in [0.3, 0.4) is 0 Å². The molecule has 63 heavy (non-hydrogen) atoms. The number of ketones is 1. The van der Waals surface area contributed by atoms with E-state index < -0.39 is 113 Å². The van der Waals surface area contributed by atoms with E-state index in [1.54, 1.807) is 80.6 Å². The fraction of sp³-hybridized carbons (Fsp3) is 0.447. The molecular formula is C47H50ClNO14. The molecule has 334 valence electrons. The molecule has 4 N–H and O–H groups in total. The average Bonchev–Trinajstić information content (AvgIpc) is 3.24. The van der Waals surface area contributed by atoms with Gasteiger partial charge in [0.15, 0.2) is 23.6 Å². The number of carbonyl (C=O) groups is 6. The molecule has 0 aromatic heterocycles. The van der Waals surface area contributed by atoms with Gasteiger partial charge in [-0.2, -0.15) is 0 Å². The molecule has 1 heterocycles. The molecule has 3 aliphatic carbocycles. The number of Topliss-reactive ketones (excluding diaryl/α,β-unsaturated/α-hetero) is 1. The Labute approximate surface area is 368 Å². The lowest BCUT2D eigenvalue weighted by atomic mass is 9.44. The summed E-state index contributed by atoms with van der Waals surface area (Å²) in [5.74, 6) is -7.09. The summed E-state index contributed by atoms with van der Waals surface area (Å²) in [6.07, 6.45) is -10.8. The maximum Gasteiger partial charge on any atom is 0.340 e. The zero-order valence-electron chi connectivity index (χ0n) is 35.5. The normalized spacial score (nSPS) is 31.6. The van der Waals surface area contributed by atoms with Gasteiger partial charge in [0.25, 0.3) is 5.91 Å².